The van der Waals surface area contributed by atoms with Crippen molar-refractivity contribution in [1.82, 2.24) is 15.1 Å². The summed E-state index contributed by atoms with van der Waals surface area (Å²) in [6.45, 7) is -0.162. The maximum Gasteiger partial charge on any atom is 0.255 e. The van der Waals surface area contributed by atoms with Crippen LogP contribution in [0.5, 0.6) is 0 Å². The number of thiophene rings is 1. The molecule has 1 aromatic carbocycles. The predicted octanol–water partition coefficient (Wildman–Crippen LogP) is 2.61. The Bertz CT molecular complexity index is 782. The van der Waals surface area contributed by atoms with Gasteiger partial charge in [-0.1, -0.05) is 36.4 Å². The Morgan fingerprint density at radius 1 is 1.30 bits per heavy atom. The average molecular weight is 327 g/mol. The lowest BCUT2D eigenvalue weighted by Gasteiger charge is -2.16. The Balaban J connectivity index is 1.86. The molecule has 3 rings (SSSR count). The molecule has 6 heteroatoms. The number of hydrogen-bond donors (Lipinski definition) is 2. The molecule has 2 heterocycles. The molecular weight excluding hydrogens is 310 g/mol. The number of nitrogens with one attached hydrogen (secondary N) is 1. The summed E-state index contributed by atoms with van der Waals surface area (Å²) in [6.07, 6.45) is 1.70. The average Bonchev–Trinajstić information content (AvgIpc) is 3.22. The molecule has 3 aromatic rings. The van der Waals surface area contributed by atoms with Crippen molar-refractivity contribution in [3.05, 3.63) is 65.2 Å². The first kappa shape index (κ1) is 15.5. The number of rotatable bonds is 5. The summed E-state index contributed by atoms with van der Waals surface area (Å²) < 4.78 is 1.63. The molecule has 23 heavy (non-hydrogen) atoms. The second-order valence-corrected chi connectivity index (χ2v) is 6.11. The van der Waals surface area contributed by atoms with Crippen LogP contribution in [0.25, 0.3) is 10.6 Å². The van der Waals surface area contributed by atoms with Crippen LogP contribution in [0.3, 0.4) is 0 Å². The molecule has 1 atom stereocenters. The Labute approximate surface area is 138 Å². The highest BCUT2D eigenvalue weighted by molar-refractivity contribution is 7.13. The Hall–Kier alpha value is -2.44. The minimum absolute atomic E-state index is 0.162. The molecule has 0 aliphatic rings. The molecule has 0 fully saturated rings. The summed E-state index contributed by atoms with van der Waals surface area (Å²) in [5, 5.41) is 18.8. The quantitative estimate of drug-likeness (QED) is 0.757. The van der Waals surface area contributed by atoms with E-state index in [1.807, 2.05) is 47.8 Å². The Morgan fingerprint density at radius 3 is 2.74 bits per heavy atom. The summed E-state index contributed by atoms with van der Waals surface area (Å²) in [5.41, 5.74) is 2.03. The number of benzene rings is 1. The minimum atomic E-state index is -0.444. The SMILES string of the molecule is Cn1cc(C(=O)N[C@H](CO)c2ccccc2)c(-c2cccs2)n1. The van der Waals surface area contributed by atoms with Crippen LogP contribution in [-0.4, -0.2) is 27.4 Å². The van der Waals surface area contributed by atoms with E-state index in [-0.39, 0.29) is 12.5 Å². The first-order valence-electron chi connectivity index (χ1n) is 7.23. The zero-order valence-electron chi connectivity index (χ0n) is 12.6. The molecule has 2 aromatic heterocycles. The van der Waals surface area contributed by atoms with E-state index in [0.29, 0.717) is 11.3 Å². The number of nitrogens with zero attached hydrogens (tertiary/aromatic N) is 2. The van der Waals surface area contributed by atoms with Crippen molar-refractivity contribution in [2.24, 2.45) is 7.05 Å². The summed E-state index contributed by atoms with van der Waals surface area (Å²) in [7, 11) is 1.79. The third-order valence-electron chi connectivity index (χ3n) is 3.52. The zero-order chi connectivity index (χ0) is 16.2. The topological polar surface area (TPSA) is 67.2 Å². The predicted molar refractivity (Wildman–Crippen MR) is 90.3 cm³/mol. The van der Waals surface area contributed by atoms with E-state index in [1.165, 1.54) is 11.3 Å². The molecule has 0 radical (unpaired) electrons. The van der Waals surface area contributed by atoms with Gasteiger partial charge in [0.1, 0.15) is 5.69 Å². The van der Waals surface area contributed by atoms with Crippen LogP contribution in [0.15, 0.2) is 54.0 Å². The third-order valence-corrected chi connectivity index (χ3v) is 4.39. The number of amides is 1. The molecule has 2 N–H and O–H groups in total. The molecule has 5 nitrogen and oxygen atoms in total. The smallest absolute Gasteiger partial charge is 0.255 e. The van der Waals surface area contributed by atoms with Crippen LogP contribution < -0.4 is 5.32 Å². The number of aromatic nitrogens is 2. The molecular formula is C17H17N3O2S. The van der Waals surface area contributed by atoms with Crippen molar-refractivity contribution in [3.8, 4) is 10.6 Å². The van der Waals surface area contributed by atoms with Crippen LogP contribution in [0.4, 0.5) is 0 Å². The van der Waals surface area contributed by atoms with Crippen molar-refractivity contribution in [3.63, 3.8) is 0 Å². The van der Waals surface area contributed by atoms with Gasteiger partial charge in [0.15, 0.2) is 0 Å². The van der Waals surface area contributed by atoms with Gasteiger partial charge in [-0.05, 0) is 17.0 Å². The van der Waals surface area contributed by atoms with E-state index < -0.39 is 6.04 Å². The van der Waals surface area contributed by atoms with Crippen LogP contribution in [-0.2, 0) is 7.05 Å². The molecule has 118 valence electrons. The number of aliphatic hydroxyl groups is 1. The molecule has 0 unspecified atom stereocenters. The molecule has 0 aliphatic carbocycles. The number of aliphatic hydroxyl groups excluding tert-OH is 1. The van der Waals surface area contributed by atoms with Crippen molar-refractivity contribution in [2.45, 2.75) is 6.04 Å². The van der Waals surface area contributed by atoms with Crippen LogP contribution in [0.1, 0.15) is 22.0 Å². The second kappa shape index (κ2) is 6.76. The van der Waals surface area contributed by atoms with E-state index in [4.69, 9.17) is 0 Å². The van der Waals surface area contributed by atoms with Crippen molar-refractivity contribution in [2.75, 3.05) is 6.61 Å². The molecule has 0 bridgehead atoms. The Kier molecular flexibility index (Phi) is 4.55. The monoisotopic (exact) mass is 327 g/mol. The fourth-order valence-corrected chi connectivity index (χ4v) is 3.13. The molecule has 0 aliphatic heterocycles. The van der Waals surface area contributed by atoms with Gasteiger partial charge in [0.2, 0.25) is 0 Å². The van der Waals surface area contributed by atoms with Gasteiger partial charge in [-0.15, -0.1) is 11.3 Å². The molecule has 0 spiro atoms. The second-order valence-electron chi connectivity index (χ2n) is 5.16. The van der Waals surface area contributed by atoms with E-state index >= 15 is 0 Å². The highest BCUT2D eigenvalue weighted by Crippen LogP contribution is 2.27. The fourth-order valence-electron chi connectivity index (χ4n) is 2.41. The van der Waals surface area contributed by atoms with Gasteiger partial charge < -0.3 is 10.4 Å². The number of carbonyl (C=O) groups is 1. The molecule has 1 amide bonds. The number of hydrogen-bond acceptors (Lipinski definition) is 4. The van der Waals surface area contributed by atoms with E-state index in [1.54, 1.807) is 17.9 Å². The van der Waals surface area contributed by atoms with Crippen molar-refractivity contribution in [1.29, 1.82) is 0 Å². The van der Waals surface area contributed by atoms with Gasteiger partial charge in [-0.25, -0.2) is 0 Å². The lowest BCUT2D eigenvalue weighted by atomic mass is 10.1. The van der Waals surface area contributed by atoms with Crippen LogP contribution in [0.2, 0.25) is 0 Å². The van der Waals surface area contributed by atoms with E-state index in [0.717, 1.165) is 10.4 Å². The largest absolute Gasteiger partial charge is 0.394 e. The Morgan fingerprint density at radius 2 is 2.09 bits per heavy atom. The van der Waals surface area contributed by atoms with E-state index in [9.17, 15) is 9.90 Å². The van der Waals surface area contributed by atoms with Crippen LogP contribution in [0, 0.1) is 0 Å². The molecule has 0 saturated heterocycles. The van der Waals surface area contributed by atoms with Gasteiger partial charge in [0.25, 0.3) is 5.91 Å². The highest BCUT2D eigenvalue weighted by Gasteiger charge is 2.21. The van der Waals surface area contributed by atoms with Gasteiger partial charge in [0.05, 0.1) is 23.1 Å². The zero-order valence-corrected chi connectivity index (χ0v) is 13.5. The first-order valence-corrected chi connectivity index (χ1v) is 8.11. The third kappa shape index (κ3) is 3.33. The summed E-state index contributed by atoms with van der Waals surface area (Å²) >= 11 is 1.54. The summed E-state index contributed by atoms with van der Waals surface area (Å²) in [4.78, 5) is 13.6. The van der Waals surface area contributed by atoms with Gasteiger partial charge in [-0.3, -0.25) is 9.48 Å². The lowest BCUT2D eigenvalue weighted by molar-refractivity contribution is 0.0917. The van der Waals surface area contributed by atoms with Gasteiger partial charge in [0, 0.05) is 13.2 Å². The van der Waals surface area contributed by atoms with Gasteiger partial charge in [-0.2, -0.15) is 5.10 Å². The normalized spacial score (nSPS) is 12.1. The first-order chi connectivity index (χ1) is 11.2. The maximum absolute atomic E-state index is 12.6. The van der Waals surface area contributed by atoms with Crippen molar-refractivity contribution >= 4 is 17.2 Å². The van der Waals surface area contributed by atoms with Crippen LogP contribution >= 0.6 is 11.3 Å². The number of carbonyl (C=O) groups excluding carboxylic acids is 1. The number of aryl methyl sites for hydroxylation is 1. The standard InChI is InChI=1S/C17H17N3O2S/c1-20-10-13(16(19-20)15-8-5-9-23-15)17(22)18-14(11-21)12-6-3-2-4-7-12/h2-10,14,21H,11H2,1H3,(H,18,22)/t14-/m1/s1. The minimum Gasteiger partial charge on any atom is -0.394 e. The van der Waals surface area contributed by atoms with Crippen molar-refractivity contribution < 1.29 is 9.90 Å². The maximum atomic E-state index is 12.6. The lowest BCUT2D eigenvalue weighted by Crippen LogP contribution is -2.30. The highest BCUT2D eigenvalue weighted by atomic mass is 32.1. The van der Waals surface area contributed by atoms with E-state index in [2.05, 4.69) is 10.4 Å². The summed E-state index contributed by atoms with van der Waals surface area (Å²) in [5.74, 6) is -0.246. The summed E-state index contributed by atoms with van der Waals surface area (Å²) in [6, 6.07) is 12.8. The fraction of sp³-hybridized carbons (Fsp3) is 0.176. The molecule has 0 saturated carbocycles. The van der Waals surface area contributed by atoms with Gasteiger partial charge >= 0.3 is 0 Å².